The molecule has 5 rings (SSSR count). The normalized spacial score (nSPS) is 15.1. The first-order valence-electron chi connectivity index (χ1n) is 10.6. The molecule has 2 aromatic heterocycles. The van der Waals surface area contributed by atoms with Gasteiger partial charge in [0.05, 0.1) is 11.0 Å². The number of para-hydroxylation sites is 2. The molecule has 152 valence electrons. The van der Waals surface area contributed by atoms with Crippen molar-refractivity contribution in [1.29, 1.82) is 0 Å². The van der Waals surface area contributed by atoms with Gasteiger partial charge in [0.15, 0.2) is 0 Å². The molecule has 1 aliphatic heterocycles. The summed E-state index contributed by atoms with van der Waals surface area (Å²) >= 11 is 0. The number of aromatic amines is 1. The summed E-state index contributed by atoms with van der Waals surface area (Å²) in [6.45, 7) is 5.71. The lowest BCUT2D eigenvalue weighted by molar-refractivity contribution is 0.0711. The van der Waals surface area contributed by atoms with E-state index in [2.05, 4.69) is 41.6 Å². The summed E-state index contributed by atoms with van der Waals surface area (Å²) < 4.78 is 2.20. The second-order valence-corrected chi connectivity index (χ2v) is 8.20. The van der Waals surface area contributed by atoms with Gasteiger partial charge in [0.1, 0.15) is 5.82 Å². The highest BCUT2D eigenvalue weighted by Crippen LogP contribution is 2.28. The van der Waals surface area contributed by atoms with Crippen molar-refractivity contribution in [3.05, 3.63) is 83.4 Å². The van der Waals surface area contributed by atoms with E-state index >= 15 is 0 Å². The summed E-state index contributed by atoms with van der Waals surface area (Å²) in [5, 5.41) is 0. The van der Waals surface area contributed by atoms with Gasteiger partial charge in [0.2, 0.25) is 0 Å². The number of likely N-dealkylation sites (tertiary alicyclic amines) is 1. The Balaban J connectivity index is 1.26. The number of fused-ring (bicyclic) bond motifs is 1. The number of aryl methyl sites for hydroxylation is 2. The molecule has 1 amide bonds. The van der Waals surface area contributed by atoms with Crippen LogP contribution in [0.25, 0.3) is 16.7 Å². The number of H-pyrrole nitrogens is 1. The summed E-state index contributed by atoms with van der Waals surface area (Å²) in [7, 11) is 0. The zero-order valence-electron chi connectivity index (χ0n) is 17.4. The SMILES string of the molecule is Cc1ccc(C)n1-c1ccc(C(=O)N2CCC(c3nc4ccccc4[nH]3)CC2)cc1. The molecule has 3 heterocycles. The Kier molecular flexibility index (Phi) is 4.66. The first kappa shape index (κ1) is 18.7. The number of imidazole rings is 1. The van der Waals surface area contributed by atoms with Crippen LogP contribution in [0, 0.1) is 13.8 Å². The molecule has 0 radical (unpaired) electrons. The molecule has 0 saturated carbocycles. The number of aromatic nitrogens is 3. The van der Waals surface area contributed by atoms with Gasteiger partial charge in [0, 0.05) is 41.6 Å². The van der Waals surface area contributed by atoms with Crippen molar-refractivity contribution in [2.75, 3.05) is 13.1 Å². The summed E-state index contributed by atoms with van der Waals surface area (Å²) in [4.78, 5) is 23.2. The smallest absolute Gasteiger partial charge is 0.253 e. The third-order valence-electron chi connectivity index (χ3n) is 6.22. The molecule has 1 N–H and O–H groups in total. The maximum absolute atomic E-state index is 13.0. The Bertz CT molecular complexity index is 1140. The van der Waals surface area contributed by atoms with E-state index in [0.717, 1.165) is 54.0 Å². The van der Waals surface area contributed by atoms with Crippen LogP contribution in [0.2, 0.25) is 0 Å². The summed E-state index contributed by atoms with van der Waals surface area (Å²) in [6, 6.07) is 20.3. The lowest BCUT2D eigenvalue weighted by Crippen LogP contribution is -2.38. The molecule has 0 bridgehead atoms. The molecule has 4 aromatic rings. The van der Waals surface area contributed by atoms with Crippen LogP contribution in [0.3, 0.4) is 0 Å². The highest BCUT2D eigenvalue weighted by atomic mass is 16.2. The van der Waals surface area contributed by atoms with Crippen molar-refractivity contribution in [2.45, 2.75) is 32.6 Å². The molecular weight excluding hydrogens is 372 g/mol. The highest BCUT2D eigenvalue weighted by Gasteiger charge is 2.26. The average molecular weight is 399 g/mol. The number of piperidine rings is 1. The van der Waals surface area contributed by atoms with Gasteiger partial charge in [0.25, 0.3) is 5.91 Å². The number of carbonyl (C=O) groups is 1. The number of benzene rings is 2. The van der Waals surface area contributed by atoms with Gasteiger partial charge < -0.3 is 14.5 Å². The monoisotopic (exact) mass is 398 g/mol. The molecule has 30 heavy (non-hydrogen) atoms. The average Bonchev–Trinajstić information content (AvgIpc) is 3.36. The molecule has 0 spiro atoms. The van der Waals surface area contributed by atoms with Gasteiger partial charge in [-0.25, -0.2) is 4.98 Å². The summed E-state index contributed by atoms with van der Waals surface area (Å²) in [6.07, 6.45) is 1.87. The number of amides is 1. The number of rotatable bonds is 3. The minimum Gasteiger partial charge on any atom is -0.342 e. The van der Waals surface area contributed by atoms with Gasteiger partial charge in [-0.15, -0.1) is 0 Å². The summed E-state index contributed by atoms with van der Waals surface area (Å²) in [5.74, 6) is 1.54. The van der Waals surface area contributed by atoms with Gasteiger partial charge in [-0.1, -0.05) is 12.1 Å². The Labute approximate surface area is 176 Å². The molecule has 0 aliphatic carbocycles. The second kappa shape index (κ2) is 7.48. The maximum atomic E-state index is 13.0. The van der Waals surface area contributed by atoms with Crippen molar-refractivity contribution in [1.82, 2.24) is 19.4 Å². The van der Waals surface area contributed by atoms with Crippen molar-refractivity contribution < 1.29 is 4.79 Å². The molecule has 1 aliphatic rings. The lowest BCUT2D eigenvalue weighted by atomic mass is 9.95. The van der Waals surface area contributed by atoms with E-state index in [9.17, 15) is 4.79 Å². The number of hydrogen-bond donors (Lipinski definition) is 1. The lowest BCUT2D eigenvalue weighted by Gasteiger charge is -2.31. The fourth-order valence-electron chi connectivity index (χ4n) is 4.53. The van der Waals surface area contributed by atoms with Crippen LogP contribution >= 0.6 is 0 Å². The Morgan fingerprint density at radius 3 is 2.27 bits per heavy atom. The highest BCUT2D eigenvalue weighted by molar-refractivity contribution is 5.94. The molecule has 1 saturated heterocycles. The van der Waals surface area contributed by atoms with Gasteiger partial charge in [-0.2, -0.15) is 0 Å². The van der Waals surface area contributed by atoms with Crippen LogP contribution in [0.1, 0.15) is 46.3 Å². The number of hydrogen-bond acceptors (Lipinski definition) is 2. The number of nitrogens with one attached hydrogen (secondary N) is 1. The van der Waals surface area contributed by atoms with E-state index in [4.69, 9.17) is 4.98 Å². The standard InChI is InChI=1S/C25H26N4O/c1-17-7-8-18(2)29(17)21-11-9-20(10-12-21)25(30)28-15-13-19(14-16-28)24-26-22-5-3-4-6-23(22)27-24/h3-12,19H,13-16H2,1-2H3,(H,26,27). The van der Waals surface area contributed by atoms with E-state index in [0.29, 0.717) is 5.92 Å². The van der Waals surface area contributed by atoms with E-state index in [-0.39, 0.29) is 5.91 Å². The number of carbonyl (C=O) groups excluding carboxylic acids is 1. The molecular formula is C25H26N4O. The van der Waals surface area contributed by atoms with Crippen LogP contribution in [0.5, 0.6) is 0 Å². The van der Waals surface area contributed by atoms with E-state index in [1.807, 2.05) is 47.4 Å². The van der Waals surface area contributed by atoms with Crippen molar-refractivity contribution >= 4 is 16.9 Å². The molecule has 5 heteroatoms. The van der Waals surface area contributed by atoms with Crippen LogP contribution in [-0.4, -0.2) is 38.4 Å². The first-order valence-corrected chi connectivity index (χ1v) is 10.6. The van der Waals surface area contributed by atoms with Crippen LogP contribution < -0.4 is 0 Å². The van der Waals surface area contributed by atoms with E-state index in [1.165, 1.54) is 11.4 Å². The Morgan fingerprint density at radius 2 is 1.60 bits per heavy atom. The van der Waals surface area contributed by atoms with E-state index < -0.39 is 0 Å². The first-order chi connectivity index (χ1) is 14.6. The largest absolute Gasteiger partial charge is 0.342 e. The van der Waals surface area contributed by atoms with Gasteiger partial charge in [-0.05, 0) is 75.2 Å². The molecule has 5 nitrogen and oxygen atoms in total. The minimum atomic E-state index is 0.116. The molecule has 0 atom stereocenters. The second-order valence-electron chi connectivity index (χ2n) is 8.20. The third-order valence-corrected chi connectivity index (χ3v) is 6.22. The zero-order valence-corrected chi connectivity index (χ0v) is 17.4. The summed E-state index contributed by atoms with van der Waals surface area (Å²) in [5.41, 5.74) is 6.33. The van der Waals surface area contributed by atoms with E-state index in [1.54, 1.807) is 0 Å². The van der Waals surface area contributed by atoms with Crippen LogP contribution in [-0.2, 0) is 0 Å². The Hall–Kier alpha value is -3.34. The number of nitrogens with zero attached hydrogens (tertiary/aromatic N) is 3. The predicted octanol–water partition coefficient (Wildman–Crippen LogP) is 4.99. The van der Waals surface area contributed by atoms with Gasteiger partial charge >= 0.3 is 0 Å². The third kappa shape index (κ3) is 3.30. The minimum absolute atomic E-state index is 0.116. The zero-order chi connectivity index (χ0) is 20.7. The molecule has 2 aromatic carbocycles. The fourth-order valence-corrected chi connectivity index (χ4v) is 4.53. The molecule has 1 fully saturated rings. The van der Waals surface area contributed by atoms with Crippen molar-refractivity contribution in [3.8, 4) is 5.69 Å². The maximum Gasteiger partial charge on any atom is 0.253 e. The van der Waals surface area contributed by atoms with Crippen LogP contribution in [0.15, 0.2) is 60.7 Å². The van der Waals surface area contributed by atoms with Crippen LogP contribution in [0.4, 0.5) is 0 Å². The molecule has 0 unspecified atom stereocenters. The fraction of sp³-hybridized carbons (Fsp3) is 0.280. The topological polar surface area (TPSA) is 53.9 Å². The van der Waals surface area contributed by atoms with Crippen molar-refractivity contribution in [2.24, 2.45) is 0 Å². The van der Waals surface area contributed by atoms with Crippen molar-refractivity contribution in [3.63, 3.8) is 0 Å². The Morgan fingerprint density at radius 1 is 0.933 bits per heavy atom. The van der Waals surface area contributed by atoms with Gasteiger partial charge in [-0.3, -0.25) is 4.79 Å². The predicted molar refractivity (Wildman–Crippen MR) is 119 cm³/mol. The quantitative estimate of drug-likeness (QED) is 0.529.